The van der Waals surface area contributed by atoms with Crippen LogP contribution in [0.25, 0.3) is 0 Å². The first-order chi connectivity index (χ1) is 9.30. The lowest BCUT2D eigenvalue weighted by Crippen LogP contribution is -2.48. The summed E-state index contributed by atoms with van der Waals surface area (Å²) in [6, 6.07) is 3.96. The topological polar surface area (TPSA) is 83.9 Å². The number of morpholine rings is 1. The first-order valence-electron chi connectivity index (χ1n) is 5.61. The monoisotopic (exact) mass is 339 g/mol. The van der Waals surface area contributed by atoms with Crippen molar-refractivity contribution in [1.29, 1.82) is 0 Å². The van der Waals surface area contributed by atoms with Crippen LogP contribution >= 0.6 is 23.2 Å². The van der Waals surface area contributed by atoms with Crippen LogP contribution in [0.5, 0.6) is 0 Å². The van der Waals surface area contributed by atoms with Crippen molar-refractivity contribution in [1.82, 2.24) is 4.31 Å². The Balaban J connectivity index is 2.32. The molecular weight excluding hydrogens is 329 g/mol. The second-order valence-corrected chi connectivity index (χ2v) is 6.98. The van der Waals surface area contributed by atoms with Crippen molar-refractivity contribution >= 4 is 39.2 Å². The van der Waals surface area contributed by atoms with E-state index in [-0.39, 0.29) is 34.6 Å². The summed E-state index contributed by atoms with van der Waals surface area (Å²) in [6.07, 6.45) is -1.17. The third-order valence-corrected chi connectivity index (χ3v) is 5.06. The van der Waals surface area contributed by atoms with Crippen molar-refractivity contribution in [2.45, 2.75) is 11.0 Å². The van der Waals surface area contributed by atoms with E-state index in [9.17, 15) is 13.2 Å². The number of nitrogens with zero attached hydrogens (tertiary/aromatic N) is 1. The van der Waals surface area contributed by atoms with Gasteiger partial charge in [-0.05, 0) is 18.2 Å². The Hall–Kier alpha value is -0.860. The first-order valence-corrected chi connectivity index (χ1v) is 7.81. The molecule has 1 unspecified atom stereocenters. The van der Waals surface area contributed by atoms with E-state index in [0.717, 1.165) is 4.31 Å². The van der Waals surface area contributed by atoms with Crippen molar-refractivity contribution in [2.24, 2.45) is 0 Å². The molecule has 1 heterocycles. The minimum Gasteiger partial charge on any atom is -0.479 e. The molecule has 9 heteroatoms. The molecule has 0 aliphatic carbocycles. The van der Waals surface area contributed by atoms with Gasteiger partial charge in [-0.1, -0.05) is 23.2 Å². The summed E-state index contributed by atoms with van der Waals surface area (Å²) in [7, 11) is -3.85. The highest BCUT2D eigenvalue weighted by Gasteiger charge is 2.34. The van der Waals surface area contributed by atoms with Gasteiger partial charge in [-0.15, -0.1) is 0 Å². The predicted octanol–water partition coefficient (Wildman–Crippen LogP) is 1.47. The molecule has 1 aliphatic heterocycles. The Morgan fingerprint density at radius 3 is 2.45 bits per heavy atom. The third-order valence-electron chi connectivity index (χ3n) is 2.78. The van der Waals surface area contributed by atoms with E-state index in [2.05, 4.69) is 0 Å². The number of sulfonamides is 1. The molecule has 6 nitrogen and oxygen atoms in total. The van der Waals surface area contributed by atoms with Gasteiger partial charge in [0.1, 0.15) is 0 Å². The summed E-state index contributed by atoms with van der Waals surface area (Å²) in [5.74, 6) is -1.20. The van der Waals surface area contributed by atoms with E-state index in [1.807, 2.05) is 0 Å². The van der Waals surface area contributed by atoms with Gasteiger partial charge in [-0.25, -0.2) is 13.2 Å². The summed E-state index contributed by atoms with van der Waals surface area (Å²) >= 11 is 11.6. The second-order valence-electron chi connectivity index (χ2n) is 4.17. The van der Waals surface area contributed by atoms with Crippen molar-refractivity contribution < 1.29 is 23.1 Å². The van der Waals surface area contributed by atoms with Crippen molar-refractivity contribution in [2.75, 3.05) is 19.7 Å². The van der Waals surface area contributed by atoms with Crippen LogP contribution in [-0.4, -0.2) is 49.6 Å². The smallest absolute Gasteiger partial charge is 0.334 e. The molecule has 1 fully saturated rings. The van der Waals surface area contributed by atoms with Crippen molar-refractivity contribution in [3.8, 4) is 0 Å². The van der Waals surface area contributed by atoms with Gasteiger partial charge in [0.2, 0.25) is 10.0 Å². The normalized spacial score (nSPS) is 20.8. The van der Waals surface area contributed by atoms with Gasteiger partial charge in [0.25, 0.3) is 0 Å². The molecule has 1 N–H and O–H groups in total. The number of ether oxygens (including phenoxy) is 1. The Morgan fingerprint density at radius 1 is 1.30 bits per heavy atom. The lowest BCUT2D eigenvalue weighted by atomic mass is 10.3. The second kappa shape index (κ2) is 5.87. The van der Waals surface area contributed by atoms with Gasteiger partial charge in [0.05, 0.1) is 18.0 Å². The minimum absolute atomic E-state index is 0.0183. The fourth-order valence-electron chi connectivity index (χ4n) is 1.82. The Morgan fingerprint density at radius 2 is 1.90 bits per heavy atom. The molecule has 1 aromatic carbocycles. The Bertz CT molecular complexity index is 613. The molecule has 0 saturated carbocycles. The third kappa shape index (κ3) is 3.24. The van der Waals surface area contributed by atoms with E-state index in [0.29, 0.717) is 0 Å². The molecule has 110 valence electrons. The van der Waals surface area contributed by atoms with Crippen LogP contribution in [0.1, 0.15) is 0 Å². The predicted molar refractivity (Wildman–Crippen MR) is 72.6 cm³/mol. The van der Waals surface area contributed by atoms with Gasteiger partial charge >= 0.3 is 5.97 Å². The molecule has 2 rings (SSSR count). The minimum atomic E-state index is -3.85. The highest BCUT2D eigenvalue weighted by Crippen LogP contribution is 2.25. The van der Waals surface area contributed by atoms with E-state index in [1.165, 1.54) is 18.2 Å². The molecule has 1 aromatic rings. The van der Waals surface area contributed by atoms with Gasteiger partial charge in [-0.3, -0.25) is 0 Å². The summed E-state index contributed by atoms with van der Waals surface area (Å²) in [5, 5.41) is 9.28. The lowest BCUT2D eigenvalue weighted by Gasteiger charge is -2.30. The van der Waals surface area contributed by atoms with Gasteiger partial charge < -0.3 is 9.84 Å². The quantitative estimate of drug-likeness (QED) is 0.901. The summed E-state index contributed by atoms with van der Waals surface area (Å²) < 4.78 is 30.9. The maximum atomic E-state index is 12.4. The first kappa shape index (κ1) is 15.5. The van der Waals surface area contributed by atoms with Gasteiger partial charge in [-0.2, -0.15) is 4.31 Å². The van der Waals surface area contributed by atoms with Crippen molar-refractivity contribution in [3.63, 3.8) is 0 Å². The zero-order chi connectivity index (χ0) is 14.9. The van der Waals surface area contributed by atoms with Crippen LogP contribution in [0.2, 0.25) is 10.0 Å². The molecule has 20 heavy (non-hydrogen) atoms. The van der Waals surface area contributed by atoms with Crippen molar-refractivity contribution in [3.05, 3.63) is 28.2 Å². The Labute approximate surface area is 125 Å². The van der Waals surface area contributed by atoms with E-state index < -0.39 is 22.1 Å². The number of carboxylic acids is 1. The largest absolute Gasteiger partial charge is 0.479 e. The lowest BCUT2D eigenvalue weighted by molar-refractivity contribution is -0.153. The van der Waals surface area contributed by atoms with E-state index in [1.54, 1.807) is 0 Å². The molecular formula is C11H11Cl2NO5S. The zero-order valence-electron chi connectivity index (χ0n) is 10.1. The zero-order valence-corrected chi connectivity index (χ0v) is 12.5. The molecule has 0 spiro atoms. The van der Waals surface area contributed by atoms with Crippen LogP contribution in [0.15, 0.2) is 23.1 Å². The molecule has 0 radical (unpaired) electrons. The maximum absolute atomic E-state index is 12.4. The molecule has 0 aromatic heterocycles. The number of carbonyl (C=O) groups is 1. The van der Waals surface area contributed by atoms with E-state index in [4.69, 9.17) is 33.0 Å². The van der Waals surface area contributed by atoms with Crippen LogP contribution in [0, 0.1) is 0 Å². The maximum Gasteiger partial charge on any atom is 0.334 e. The highest BCUT2D eigenvalue weighted by molar-refractivity contribution is 7.89. The fourth-order valence-corrected chi connectivity index (χ4v) is 3.97. The van der Waals surface area contributed by atoms with E-state index >= 15 is 0 Å². The number of rotatable bonds is 3. The average molecular weight is 340 g/mol. The highest BCUT2D eigenvalue weighted by atomic mass is 35.5. The number of hydrogen-bond donors (Lipinski definition) is 1. The Kier molecular flexibility index (Phi) is 4.55. The molecule has 1 aliphatic rings. The van der Waals surface area contributed by atoms with Gasteiger partial charge in [0, 0.05) is 16.6 Å². The molecule has 0 bridgehead atoms. The van der Waals surface area contributed by atoms with Gasteiger partial charge in [0.15, 0.2) is 6.10 Å². The standard InChI is InChI=1S/C11H11Cl2NO5S/c12-7-3-8(13)5-9(4-7)20(17,18)14-1-2-19-10(6-14)11(15)16/h3-5,10H,1-2,6H2,(H,15,16). The SMILES string of the molecule is O=C(O)C1CN(S(=O)(=O)c2cc(Cl)cc(Cl)c2)CCO1. The van der Waals surface area contributed by atoms with Crippen LogP contribution < -0.4 is 0 Å². The number of benzene rings is 1. The number of hydrogen-bond acceptors (Lipinski definition) is 4. The summed E-state index contributed by atoms with van der Waals surface area (Å²) in [4.78, 5) is 10.8. The average Bonchev–Trinajstić information content (AvgIpc) is 2.37. The summed E-state index contributed by atoms with van der Waals surface area (Å²) in [6.45, 7) is -0.150. The molecule has 0 amide bonds. The number of halogens is 2. The fraction of sp³-hybridized carbons (Fsp3) is 0.364. The number of carboxylic acid groups (broad SMARTS) is 1. The van der Waals surface area contributed by atoms with Crippen LogP contribution in [0.3, 0.4) is 0 Å². The van der Waals surface area contributed by atoms with Crippen LogP contribution in [0.4, 0.5) is 0 Å². The summed E-state index contributed by atoms with van der Waals surface area (Å²) in [5.41, 5.74) is 0. The van der Waals surface area contributed by atoms with Crippen LogP contribution in [-0.2, 0) is 19.6 Å². The molecule has 1 atom stereocenters. The number of aliphatic carboxylic acids is 1. The molecule has 1 saturated heterocycles.